The molecule has 0 radical (unpaired) electrons. The van der Waals surface area contributed by atoms with Crippen LogP contribution in [0.15, 0.2) is 11.4 Å². The number of hydrogen-bond donors (Lipinski definition) is 1. The molecule has 14 heavy (non-hydrogen) atoms. The monoisotopic (exact) mass is 213 g/mol. The number of ether oxygens (including phenoxy) is 1. The maximum atomic E-state index is 5.23. The molecule has 1 aromatic heterocycles. The lowest BCUT2D eigenvalue weighted by Gasteiger charge is -2.04. The summed E-state index contributed by atoms with van der Waals surface area (Å²) in [5.41, 5.74) is 0. The molecule has 0 atom stereocenters. The molecule has 0 saturated heterocycles. The third kappa shape index (κ3) is 3.68. The van der Waals surface area contributed by atoms with Crippen molar-refractivity contribution in [3.05, 3.63) is 16.3 Å². The fraction of sp³-hybridized carbons (Fsp3) is 0.636. The van der Waals surface area contributed by atoms with Gasteiger partial charge < -0.3 is 10.1 Å². The van der Waals surface area contributed by atoms with Gasteiger partial charge in [-0.05, 0) is 24.4 Å². The lowest BCUT2D eigenvalue weighted by atomic mass is 10.2. The van der Waals surface area contributed by atoms with E-state index in [0.29, 0.717) is 0 Å². The number of unbranched alkanes of at least 4 members (excludes halogenated alkanes) is 2. The van der Waals surface area contributed by atoms with Crippen LogP contribution in [0.25, 0.3) is 0 Å². The summed E-state index contributed by atoms with van der Waals surface area (Å²) < 4.78 is 5.23. The largest absolute Gasteiger partial charge is 0.496 e. The first-order valence-electron chi connectivity index (χ1n) is 5.19. The van der Waals surface area contributed by atoms with Gasteiger partial charge in [-0.25, -0.2) is 0 Å². The molecule has 0 bridgehead atoms. The molecule has 1 rings (SSSR count). The molecule has 0 saturated carbocycles. The zero-order chi connectivity index (χ0) is 10.2. The molecule has 1 N–H and O–H groups in total. The van der Waals surface area contributed by atoms with Gasteiger partial charge in [-0.2, -0.15) is 0 Å². The van der Waals surface area contributed by atoms with Crippen LogP contribution >= 0.6 is 11.3 Å². The van der Waals surface area contributed by atoms with E-state index in [0.717, 1.165) is 18.8 Å². The molecular weight excluding hydrogens is 194 g/mol. The smallest absolute Gasteiger partial charge is 0.134 e. The molecule has 0 unspecified atom stereocenters. The molecule has 0 amide bonds. The van der Waals surface area contributed by atoms with Gasteiger partial charge in [0.2, 0.25) is 0 Å². The van der Waals surface area contributed by atoms with Crippen LogP contribution in [0.4, 0.5) is 0 Å². The van der Waals surface area contributed by atoms with Crippen molar-refractivity contribution < 1.29 is 4.74 Å². The minimum Gasteiger partial charge on any atom is -0.496 e. The SMILES string of the molecule is CCCCCNCc1sccc1OC. The molecule has 0 aromatic carbocycles. The Hall–Kier alpha value is -0.540. The first kappa shape index (κ1) is 11.5. The Labute approximate surface area is 90.3 Å². The van der Waals surface area contributed by atoms with Crippen LogP contribution in [-0.4, -0.2) is 13.7 Å². The van der Waals surface area contributed by atoms with E-state index in [2.05, 4.69) is 17.6 Å². The van der Waals surface area contributed by atoms with Crippen LogP contribution in [0.1, 0.15) is 31.1 Å². The summed E-state index contributed by atoms with van der Waals surface area (Å²) in [6, 6.07) is 2.02. The number of hydrogen-bond acceptors (Lipinski definition) is 3. The lowest BCUT2D eigenvalue weighted by molar-refractivity contribution is 0.410. The molecule has 3 heteroatoms. The molecule has 0 aliphatic rings. The number of thiophene rings is 1. The Morgan fingerprint density at radius 3 is 3.00 bits per heavy atom. The van der Waals surface area contributed by atoms with Crippen molar-refractivity contribution in [2.45, 2.75) is 32.7 Å². The fourth-order valence-corrected chi connectivity index (χ4v) is 2.15. The van der Waals surface area contributed by atoms with E-state index in [1.165, 1.54) is 24.1 Å². The average Bonchev–Trinajstić information content (AvgIpc) is 2.65. The van der Waals surface area contributed by atoms with Crippen LogP contribution in [0.5, 0.6) is 5.75 Å². The highest BCUT2D eigenvalue weighted by atomic mass is 32.1. The zero-order valence-electron chi connectivity index (χ0n) is 9.01. The van der Waals surface area contributed by atoms with Gasteiger partial charge in [0.15, 0.2) is 0 Å². The standard InChI is InChI=1S/C11H19NOS/c1-3-4-5-7-12-9-11-10(13-2)6-8-14-11/h6,8,12H,3-5,7,9H2,1-2H3. The molecule has 0 aliphatic heterocycles. The molecule has 1 heterocycles. The number of nitrogens with one attached hydrogen (secondary N) is 1. The van der Waals surface area contributed by atoms with Crippen LogP contribution in [0.3, 0.4) is 0 Å². The van der Waals surface area contributed by atoms with Gasteiger partial charge in [0.05, 0.1) is 12.0 Å². The van der Waals surface area contributed by atoms with Gasteiger partial charge in [0, 0.05) is 6.54 Å². The minimum atomic E-state index is 0.935. The second-order valence-electron chi connectivity index (χ2n) is 3.30. The van der Waals surface area contributed by atoms with Crippen LogP contribution in [0.2, 0.25) is 0 Å². The third-order valence-electron chi connectivity index (χ3n) is 2.17. The van der Waals surface area contributed by atoms with Crippen molar-refractivity contribution in [3.8, 4) is 5.75 Å². The van der Waals surface area contributed by atoms with E-state index in [4.69, 9.17) is 4.74 Å². The van der Waals surface area contributed by atoms with Crippen LogP contribution < -0.4 is 10.1 Å². The van der Waals surface area contributed by atoms with E-state index >= 15 is 0 Å². The highest BCUT2D eigenvalue weighted by Crippen LogP contribution is 2.23. The summed E-state index contributed by atoms with van der Waals surface area (Å²) in [7, 11) is 1.72. The van der Waals surface area contributed by atoms with Crippen LogP contribution in [-0.2, 0) is 6.54 Å². The summed E-state index contributed by atoms with van der Waals surface area (Å²) in [6.45, 7) is 4.27. The second kappa shape index (κ2) is 6.85. The van der Waals surface area contributed by atoms with Crippen molar-refractivity contribution in [2.75, 3.05) is 13.7 Å². The quantitative estimate of drug-likeness (QED) is 0.703. The fourth-order valence-electron chi connectivity index (χ4n) is 1.34. The molecule has 0 spiro atoms. The Balaban J connectivity index is 2.17. The molecule has 0 fully saturated rings. The van der Waals surface area contributed by atoms with Crippen LogP contribution in [0, 0.1) is 0 Å². The summed E-state index contributed by atoms with van der Waals surface area (Å²) in [6.07, 6.45) is 3.86. The highest BCUT2D eigenvalue weighted by molar-refractivity contribution is 7.10. The van der Waals surface area contributed by atoms with Crippen molar-refractivity contribution in [2.24, 2.45) is 0 Å². The first-order valence-corrected chi connectivity index (χ1v) is 6.07. The molecule has 1 aromatic rings. The van der Waals surface area contributed by atoms with Gasteiger partial charge in [-0.3, -0.25) is 0 Å². The third-order valence-corrected chi connectivity index (χ3v) is 3.07. The Kier molecular flexibility index (Phi) is 5.64. The summed E-state index contributed by atoms with van der Waals surface area (Å²) in [5.74, 6) is 1.01. The predicted octanol–water partition coefficient (Wildman–Crippen LogP) is 3.04. The second-order valence-corrected chi connectivity index (χ2v) is 4.30. The summed E-state index contributed by atoms with van der Waals surface area (Å²) in [5, 5.41) is 5.50. The Morgan fingerprint density at radius 2 is 2.29 bits per heavy atom. The maximum absolute atomic E-state index is 5.23. The summed E-state index contributed by atoms with van der Waals surface area (Å²) in [4.78, 5) is 1.30. The normalized spacial score (nSPS) is 10.4. The summed E-state index contributed by atoms with van der Waals surface area (Å²) >= 11 is 1.75. The van der Waals surface area contributed by atoms with Crippen molar-refractivity contribution in [1.82, 2.24) is 5.32 Å². The van der Waals surface area contributed by atoms with Gasteiger partial charge in [-0.15, -0.1) is 11.3 Å². The molecule has 2 nitrogen and oxygen atoms in total. The van der Waals surface area contributed by atoms with Crippen molar-refractivity contribution in [1.29, 1.82) is 0 Å². The maximum Gasteiger partial charge on any atom is 0.134 e. The molecular formula is C11H19NOS. The van der Waals surface area contributed by atoms with Gasteiger partial charge in [0.1, 0.15) is 5.75 Å². The van der Waals surface area contributed by atoms with E-state index < -0.39 is 0 Å². The van der Waals surface area contributed by atoms with E-state index in [9.17, 15) is 0 Å². The van der Waals surface area contributed by atoms with E-state index in [1.807, 2.05) is 6.07 Å². The lowest BCUT2D eigenvalue weighted by Crippen LogP contribution is -2.14. The topological polar surface area (TPSA) is 21.3 Å². The van der Waals surface area contributed by atoms with Gasteiger partial charge in [-0.1, -0.05) is 19.8 Å². The Bertz CT molecular complexity index is 247. The van der Waals surface area contributed by atoms with Gasteiger partial charge >= 0.3 is 0 Å². The van der Waals surface area contributed by atoms with Crippen molar-refractivity contribution in [3.63, 3.8) is 0 Å². The first-order chi connectivity index (χ1) is 6.88. The van der Waals surface area contributed by atoms with E-state index in [-0.39, 0.29) is 0 Å². The highest BCUT2D eigenvalue weighted by Gasteiger charge is 2.02. The minimum absolute atomic E-state index is 0.935. The van der Waals surface area contributed by atoms with Gasteiger partial charge in [0.25, 0.3) is 0 Å². The number of methoxy groups -OCH3 is 1. The predicted molar refractivity (Wildman–Crippen MR) is 62.1 cm³/mol. The zero-order valence-corrected chi connectivity index (χ0v) is 9.82. The molecule has 0 aliphatic carbocycles. The Morgan fingerprint density at radius 1 is 1.43 bits per heavy atom. The molecule has 80 valence electrons. The van der Waals surface area contributed by atoms with E-state index in [1.54, 1.807) is 18.4 Å². The van der Waals surface area contributed by atoms with Crippen molar-refractivity contribution >= 4 is 11.3 Å². The average molecular weight is 213 g/mol. The number of rotatable bonds is 7.